The Hall–Kier alpha value is -1.98. The van der Waals surface area contributed by atoms with Crippen molar-refractivity contribution in [3.63, 3.8) is 0 Å². The van der Waals surface area contributed by atoms with Crippen LogP contribution in [0.1, 0.15) is 23.0 Å². The van der Waals surface area contributed by atoms with E-state index in [1.54, 1.807) is 0 Å². The van der Waals surface area contributed by atoms with Gasteiger partial charge in [0.2, 0.25) is 0 Å². The van der Waals surface area contributed by atoms with Gasteiger partial charge in [0, 0.05) is 6.92 Å². The molecule has 1 aromatic heterocycles. The largest absolute Gasteiger partial charge is 0.478 e. The summed E-state index contributed by atoms with van der Waals surface area (Å²) in [6.45, 7) is 0.678. The lowest BCUT2D eigenvalue weighted by molar-refractivity contribution is 0.0112. The summed E-state index contributed by atoms with van der Waals surface area (Å²) < 4.78 is 30.8. The van der Waals surface area contributed by atoms with Crippen molar-refractivity contribution in [3.8, 4) is 0 Å². The standard InChI is InChI=1S/C10H7F2NO3/c1-10(11,12)8-5-3-2-4-6(9(14)15)7(5)16-13-8/h2-4H,1H3,(H,14,15). The zero-order valence-corrected chi connectivity index (χ0v) is 8.20. The number of nitrogens with zero attached hydrogens (tertiary/aromatic N) is 1. The number of rotatable bonds is 2. The van der Waals surface area contributed by atoms with Gasteiger partial charge >= 0.3 is 5.97 Å². The van der Waals surface area contributed by atoms with Crippen LogP contribution in [-0.2, 0) is 5.92 Å². The minimum atomic E-state index is -3.16. The van der Waals surface area contributed by atoms with Crippen molar-refractivity contribution in [2.75, 3.05) is 0 Å². The summed E-state index contributed by atoms with van der Waals surface area (Å²) in [7, 11) is 0. The second-order valence-corrected chi connectivity index (χ2v) is 3.41. The maximum atomic E-state index is 13.1. The molecule has 2 rings (SSSR count). The van der Waals surface area contributed by atoms with Gasteiger partial charge in [0.05, 0.1) is 5.39 Å². The number of halogens is 2. The van der Waals surface area contributed by atoms with Crippen LogP contribution in [0.15, 0.2) is 22.7 Å². The van der Waals surface area contributed by atoms with E-state index in [9.17, 15) is 13.6 Å². The Kier molecular flexibility index (Phi) is 2.15. The molecule has 4 nitrogen and oxygen atoms in total. The molecule has 1 aromatic carbocycles. The van der Waals surface area contributed by atoms with E-state index in [1.165, 1.54) is 18.2 Å². The number of benzene rings is 1. The van der Waals surface area contributed by atoms with Crippen LogP contribution >= 0.6 is 0 Å². The molecule has 0 fully saturated rings. The van der Waals surface area contributed by atoms with E-state index in [4.69, 9.17) is 5.11 Å². The zero-order chi connectivity index (χ0) is 11.9. The first-order valence-electron chi connectivity index (χ1n) is 4.41. The first-order valence-corrected chi connectivity index (χ1v) is 4.41. The Balaban J connectivity index is 2.76. The predicted molar refractivity (Wildman–Crippen MR) is 50.5 cm³/mol. The number of para-hydroxylation sites is 1. The van der Waals surface area contributed by atoms with Crippen LogP contribution in [0.3, 0.4) is 0 Å². The third kappa shape index (κ3) is 1.52. The van der Waals surface area contributed by atoms with E-state index in [1.807, 2.05) is 0 Å². The van der Waals surface area contributed by atoms with Gasteiger partial charge in [-0.25, -0.2) is 4.79 Å². The molecule has 16 heavy (non-hydrogen) atoms. The molecule has 0 aliphatic carbocycles. The molecular formula is C10H7F2NO3. The summed E-state index contributed by atoms with van der Waals surface area (Å²) in [6, 6.07) is 4.00. The first kappa shape index (κ1) is 10.5. The number of aromatic carboxylic acids is 1. The van der Waals surface area contributed by atoms with Gasteiger partial charge in [0.25, 0.3) is 5.92 Å². The molecule has 6 heteroatoms. The molecule has 0 radical (unpaired) electrons. The summed E-state index contributed by atoms with van der Waals surface area (Å²) in [5.41, 5.74) is -0.863. The van der Waals surface area contributed by atoms with Crippen molar-refractivity contribution in [3.05, 3.63) is 29.5 Å². The maximum Gasteiger partial charge on any atom is 0.339 e. The van der Waals surface area contributed by atoms with E-state index in [2.05, 4.69) is 9.68 Å². The average Bonchev–Trinajstić information content (AvgIpc) is 2.59. The summed E-state index contributed by atoms with van der Waals surface area (Å²) in [4.78, 5) is 10.8. The molecule has 0 amide bonds. The Morgan fingerprint density at radius 3 is 2.75 bits per heavy atom. The van der Waals surface area contributed by atoms with Crippen LogP contribution in [0.5, 0.6) is 0 Å². The van der Waals surface area contributed by atoms with Gasteiger partial charge in [-0.1, -0.05) is 11.2 Å². The van der Waals surface area contributed by atoms with Gasteiger partial charge < -0.3 is 9.63 Å². The Morgan fingerprint density at radius 2 is 2.19 bits per heavy atom. The molecule has 0 saturated carbocycles. The van der Waals surface area contributed by atoms with Crippen molar-refractivity contribution < 1.29 is 23.2 Å². The molecule has 84 valence electrons. The molecule has 0 spiro atoms. The summed E-state index contributed by atoms with van der Waals surface area (Å²) in [5.74, 6) is -4.41. The number of carboxylic acids is 1. The highest BCUT2D eigenvalue weighted by atomic mass is 19.3. The summed E-state index contributed by atoms with van der Waals surface area (Å²) >= 11 is 0. The molecule has 0 unspecified atom stereocenters. The Morgan fingerprint density at radius 1 is 1.50 bits per heavy atom. The first-order chi connectivity index (χ1) is 7.41. The third-order valence-electron chi connectivity index (χ3n) is 2.14. The zero-order valence-electron chi connectivity index (χ0n) is 8.20. The fourth-order valence-electron chi connectivity index (χ4n) is 1.45. The molecule has 0 aliphatic rings. The van der Waals surface area contributed by atoms with Crippen LogP contribution in [0.4, 0.5) is 8.78 Å². The smallest absolute Gasteiger partial charge is 0.339 e. The Labute approximate surface area is 88.5 Å². The van der Waals surface area contributed by atoms with Gasteiger partial charge in [-0.2, -0.15) is 8.78 Å². The number of carboxylic acid groups (broad SMARTS) is 1. The van der Waals surface area contributed by atoms with Gasteiger partial charge in [-0.15, -0.1) is 0 Å². The lowest BCUT2D eigenvalue weighted by Gasteiger charge is -2.04. The van der Waals surface area contributed by atoms with E-state index in [0.29, 0.717) is 6.92 Å². The fourth-order valence-corrected chi connectivity index (χ4v) is 1.45. The quantitative estimate of drug-likeness (QED) is 0.856. The van der Waals surface area contributed by atoms with Crippen LogP contribution in [0.2, 0.25) is 0 Å². The number of hydrogen-bond acceptors (Lipinski definition) is 3. The van der Waals surface area contributed by atoms with E-state index in [-0.39, 0.29) is 16.5 Å². The van der Waals surface area contributed by atoms with Crippen LogP contribution in [-0.4, -0.2) is 16.2 Å². The molecule has 0 saturated heterocycles. The number of hydrogen-bond donors (Lipinski definition) is 1. The molecule has 0 atom stereocenters. The van der Waals surface area contributed by atoms with E-state index in [0.717, 1.165) is 0 Å². The summed E-state index contributed by atoms with van der Waals surface area (Å²) in [5, 5.41) is 12.1. The van der Waals surface area contributed by atoms with E-state index >= 15 is 0 Å². The number of alkyl halides is 2. The summed E-state index contributed by atoms with van der Waals surface area (Å²) in [6.07, 6.45) is 0. The second-order valence-electron chi connectivity index (χ2n) is 3.41. The van der Waals surface area contributed by atoms with Crippen molar-refractivity contribution in [1.29, 1.82) is 0 Å². The van der Waals surface area contributed by atoms with Crippen molar-refractivity contribution in [2.45, 2.75) is 12.8 Å². The number of carbonyl (C=O) groups is 1. The number of aromatic nitrogens is 1. The highest BCUT2D eigenvalue weighted by Crippen LogP contribution is 2.33. The SMILES string of the molecule is CC(F)(F)c1noc2c(C(=O)O)cccc12. The average molecular weight is 227 g/mol. The van der Waals surface area contributed by atoms with E-state index < -0.39 is 17.6 Å². The van der Waals surface area contributed by atoms with Crippen LogP contribution in [0, 0.1) is 0 Å². The minimum Gasteiger partial charge on any atom is -0.478 e. The molecule has 1 N–H and O–H groups in total. The normalized spacial score (nSPS) is 11.9. The van der Waals surface area contributed by atoms with Gasteiger partial charge in [-0.05, 0) is 12.1 Å². The topological polar surface area (TPSA) is 63.3 Å². The van der Waals surface area contributed by atoms with Crippen molar-refractivity contribution >= 4 is 16.9 Å². The minimum absolute atomic E-state index is 0.0207. The maximum absolute atomic E-state index is 13.1. The van der Waals surface area contributed by atoms with Gasteiger partial charge in [-0.3, -0.25) is 0 Å². The third-order valence-corrected chi connectivity index (χ3v) is 2.14. The Bertz CT molecular complexity index is 557. The molecule has 0 aliphatic heterocycles. The molecule has 0 bridgehead atoms. The predicted octanol–water partition coefficient (Wildman–Crippen LogP) is 2.64. The van der Waals surface area contributed by atoms with Gasteiger partial charge in [0.15, 0.2) is 11.3 Å². The van der Waals surface area contributed by atoms with Crippen LogP contribution in [0.25, 0.3) is 11.0 Å². The fraction of sp³-hybridized carbons (Fsp3) is 0.200. The highest BCUT2D eigenvalue weighted by molar-refractivity contribution is 6.01. The molecular weight excluding hydrogens is 220 g/mol. The highest BCUT2D eigenvalue weighted by Gasteiger charge is 2.32. The van der Waals surface area contributed by atoms with Crippen molar-refractivity contribution in [2.24, 2.45) is 0 Å². The lowest BCUT2D eigenvalue weighted by Crippen LogP contribution is -2.07. The molecule has 1 heterocycles. The molecule has 2 aromatic rings. The lowest BCUT2D eigenvalue weighted by atomic mass is 10.1. The van der Waals surface area contributed by atoms with Crippen molar-refractivity contribution in [1.82, 2.24) is 5.16 Å². The monoisotopic (exact) mass is 227 g/mol. The van der Waals surface area contributed by atoms with Gasteiger partial charge in [0.1, 0.15) is 5.56 Å². The second kappa shape index (κ2) is 3.26. The number of fused-ring (bicyclic) bond motifs is 1. The van der Waals surface area contributed by atoms with Crippen LogP contribution < -0.4 is 0 Å².